The molecule has 2 nitrogen and oxygen atoms in total. The molecule has 2 N–H and O–H groups in total. The maximum absolute atomic E-state index is 13.9. The van der Waals surface area contributed by atoms with Crippen LogP contribution in [-0.2, 0) is 13.1 Å². The lowest BCUT2D eigenvalue weighted by molar-refractivity contribution is 0.253. The molecule has 0 saturated carbocycles. The minimum Gasteiger partial charge on any atom is -0.326 e. The number of benzene rings is 1. The van der Waals surface area contributed by atoms with Gasteiger partial charge < -0.3 is 5.73 Å². The highest BCUT2D eigenvalue weighted by atomic mass is 32.1. The number of rotatable bonds is 5. The van der Waals surface area contributed by atoms with Crippen molar-refractivity contribution in [1.82, 2.24) is 4.90 Å². The summed E-state index contributed by atoms with van der Waals surface area (Å²) in [6.07, 6.45) is 0. The fourth-order valence-corrected chi connectivity index (χ4v) is 2.85. The molecule has 0 radical (unpaired) electrons. The highest BCUT2D eigenvalue weighted by Gasteiger charge is 2.14. The standard InChI is InChI=1S/C15H19FN2S/c1-11(15-4-3-7-19-15)18(2)10-13-6-5-12(9-17)8-14(13)16/h3-8,11H,9-10,17H2,1-2H3. The van der Waals surface area contributed by atoms with Crippen molar-refractivity contribution in [3.63, 3.8) is 0 Å². The molecule has 19 heavy (non-hydrogen) atoms. The van der Waals surface area contributed by atoms with Gasteiger partial charge in [-0.15, -0.1) is 11.3 Å². The number of halogens is 1. The molecule has 4 heteroatoms. The van der Waals surface area contributed by atoms with Gasteiger partial charge in [0.25, 0.3) is 0 Å². The Kier molecular flexibility index (Phi) is 4.69. The maximum atomic E-state index is 13.9. The minimum absolute atomic E-state index is 0.173. The van der Waals surface area contributed by atoms with Crippen LogP contribution < -0.4 is 5.73 Å². The zero-order valence-corrected chi connectivity index (χ0v) is 12.1. The lowest BCUT2D eigenvalue weighted by Gasteiger charge is -2.24. The van der Waals surface area contributed by atoms with Crippen LogP contribution in [0, 0.1) is 5.82 Å². The van der Waals surface area contributed by atoms with E-state index in [1.54, 1.807) is 11.3 Å². The van der Waals surface area contributed by atoms with Crippen LogP contribution >= 0.6 is 11.3 Å². The molecule has 1 heterocycles. The van der Waals surface area contributed by atoms with Gasteiger partial charge in [-0.1, -0.05) is 18.2 Å². The first-order valence-electron chi connectivity index (χ1n) is 6.33. The van der Waals surface area contributed by atoms with E-state index in [2.05, 4.69) is 23.3 Å². The Morgan fingerprint density at radius 2 is 2.16 bits per heavy atom. The van der Waals surface area contributed by atoms with E-state index >= 15 is 0 Å². The highest BCUT2D eigenvalue weighted by molar-refractivity contribution is 7.10. The topological polar surface area (TPSA) is 29.3 Å². The first kappa shape index (κ1) is 14.2. The number of nitrogens with zero attached hydrogens (tertiary/aromatic N) is 1. The van der Waals surface area contributed by atoms with Gasteiger partial charge in [0.2, 0.25) is 0 Å². The Morgan fingerprint density at radius 3 is 2.74 bits per heavy atom. The average Bonchev–Trinajstić information content (AvgIpc) is 2.94. The van der Waals surface area contributed by atoms with Gasteiger partial charge >= 0.3 is 0 Å². The van der Waals surface area contributed by atoms with E-state index in [0.717, 1.165) is 5.56 Å². The highest BCUT2D eigenvalue weighted by Crippen LogP contribution is 2.25. The summed E-state index contributed by atoms with van der Waals surface area (Å²) in [5.41, 5.74) is 7.05. The largest absolute Gasteiger partial charge is 0.326 e. The van der Waals surface area contributed by atoms with E-state index in [1.807, 2.05) is 25.2 Å². The second-order valence-corrected chi connectivity index (χ2v) is 5.72. The summed E-state index contributed by atoms with van der Waals surface area (Å²) >= 11 is 1.73. The minimum atomic E-state index is -0.173. The van der Waals surface area contributed by atoms with Crippen molar-refractivity contribution in [3.05, 3.63) is 57.5 Å². The first-order valence-corrected chi connectivity index (χ1v) is 7.20. The van der Waals surface area contributed by atoms with Crippen molar-refractivity contribution in [3.8, 4) is 0 Å². The number of nitrogens with two attached hydrogens (primary N) is 1. The molecular formula is C15H19FN2S. The molecule has 1 unspecified atom stereocenters. The molecule has 1 atom stereocenters. The molecule has 0 fully saturated rings. The van der Waals surface area contributed by atoms with Crippen molar-refractivity contribution >= 4 is 11.3 Å². The van der Waals surface area contributed by atoms with Gasteiger partial charge in [-0.25, -0.2) is 4.39 Å². The van der Waals surface area contributed by atoms with Crippen LogP contribution in [0.4, 0.5) is 4.39 Å². The molecule has 1 aromatic carbocycles. The molecular weight excluding hydrogens is 259 g/mol. The van der Waals surface area contributed by atoms with E-state index in [-0.39, 0.29) is 11.9 Å². The zero-order valence-electron chi connectivity index (χ0n) is 11.3. The van der Waals surface area contributed by atoms with E-state index in [1.165, 1.54) is 10.9 Å². The third kappa shape index (κ3) is 3.41. The van der Waals surface area contributed by atoms with Crippen LogP contribution in [0.3, 0.4) is 0 Å². The van der Waals surface area contributed by atoms with Crippen molar-refractivity contribution < 1.29 is 4.39 Å². The van der Waals surface area contributed by atoms with E-state index in [9.17, 15) is 4.39 Å². The van der Waals surface area contributed by atoms with Crippen LogP contribution in [-0.4, -0.2) is 11.9 Å². The fraction of sp³-hybridized carbons (Fsp3) is 0.333. The second kappa shape index (κ2) is 6.28. The van der Waals surface area contributed by atoms with Gasteiger partial charge in [0.1, 0.15) is 5.82 Å². The quantitative estimate of drug-likeness (QED) is 0.906. The van der Waals surface area contributed by atoms with Gasteiger partial charge in [0, 0.05) is 29.6 Å². The fourth-order valence-electron chi connectivity index (χ4n) is 2.00. The molecule has 0 spiro atoms. The maximum Gasteiger partial charge on any atom is 0.128 e. The van der Waals surface area contributed by atoms with E-state index < -0.39 is 0 Å². The predicted molar refractivity (Wildman–Crippen MR) is 78.5 cm³/mol. The molecule has 0 aliphatic rings. The second-order valence-electron chi connectivity index (χ2n) is 4.74. The van der Waals surface area contributed by atoms with Crippen molar-refractivity contribution in [2.75, 3.05) is 7.05 Å². The molecule has 2 rings (SSSR count). The van der Waals surface area contributed by atoms with E-state index in [0.29, 0.717) is 18.7 Å². The molecule has 0 saturated heterocycles. The third-order valence-corrected chi connectivity index (χ3v) is 4.43. The van der Waals surface area contributed by atoms with Gasteiger partial charge in [-0.05, 0) is 37.0 Å². The van der Waals surface area contributed by atoms with Gasteiger partial charge in [-0.2, -0.15) is 0 Å². The Hall–Kier alpha value is -1.23. The van der Waals surface area contributed by atoms with Gasteiger partial charge in [0.05, 0.1) is 0 Å². The molecule has 2 aromatic rings. The predicted octanol–water partition coefficient (Wildman–Crippen LogP) is 3.54. The van der Waals surface area contributed by atoms with Crippen LogP contribution in [0.15, 0.2) is 35.7 Å². The van der Waals surface area contributed by atoms with Crippen LogP contribution in [0.25, 0.3) is 0 Å². The van der Waals surface area contributed by atoms with E-state index in [4.69, 9.17) is 5.73 Å². The summed E-state index contributed by atoms with van der Waals surface area (Å²) in [6.45, 7) is 3.10. The van der Waals surface area contributed by atoms with Crippen LogP contribution in [0.2, 0.25) is 0 Å². The summed E-state index contributed by atoms with van der Waals surface area (Å²) < 4.78 is 13.9. The Balaban J connectivity index is 2.08. The SMILES string of the molecule is CC(c1cccs1)N(C)Cc1ccc(CN)cc1F. The normalized spacial score (nSPS) is 12.9. The van der Waals surface area contributed by atoms with Gasteiger partial charge in [0.15, 0.2) is 0 Å². The first-order chi connectivity index (χ1) is 9.11. The smallest absolute Gasteiger partial charge is 0.128 e. The van der Waals surface area contributed by atoms with Crippen molar-refractivity contribution in [2.45, 2.75) is 26.1 Å². The van der Waals surface area contributed by atoms with Gasteiger partial charge in [-0.3, -0.25) is 4.90 Å². The molecule has 0 aliphatic heterocycles. The molecule has 0 aliphatic carbocycles. The summed E-state index contributed by atoms with van der Waals surface area (Å²) in [6, 6.07) is 9.69. The average molecular weight is 278 g/mol. The Morgan fingerprint density at radius 1 is 1.37 bits per heavy atom. The van der Waals surface area contributed by atoms with Crippen LogP contribution in [0.1, 0.15) is 29.0 Å². The monoisotopic (exact) mass is 278 g/mol. The number of thiophene rings is 1. The summed E-state index contributed by atoms with van der Waals surface area (Å²) in [5.74, 6) is -0.173. The zero-order chi connectivity index (χ0) is 13.8. The summed E-state index contributed by atoms with van der Waals surface area (Å²) in [4.78, 5) is 3.44. The summed E-state index contributed by atoms with van der Waals surface area (Å²) in [7, 11) is 2.01. The lowest BCUT2D eigenvalue weighted by atomic mass is 10.1. The summed E-state index contributed by atoms with van der Waals surface area (Å²) in [5, 5.41) is 2.07. The number of hydrogen-bond donors (Lipinski definition) is 1. The number of hydrogen-bond acceptors (Lipinski definition) is 3. The molecule has 1 aromatic heterocycles. The third-order valence-electron chi connectivity index (χ3n) is 3.39. The molecule has 0 bridgehead atoms. The van der Waals surface area contributed by atoms with Crippen molar-refractivity contribution in [2.24, 2.45) is 5.73 Å². The van der Waals surface area contributed by atoms with Crippen LogP contribution in [0.5, 0.6) is 0 Å². The Labute approximate surface area is 117 Å². The molecule has 102 valence electrons. The molecule has 0 amide bonds. The Bertz CT molecular complexity index is 525. The lowest BCUT2D eigenvalue weighted by Crippen LogP contribution is -2.21. The van der Waals surface area contributed by atoms with Crippen molar-refractivity contribution in [1.29, 1.82) is 0 Å².